The molecule has 0 radical (unpaired) electrons. The van der Waals surface area contributed by atoms with Gasteiger partial charge in [-0.15, -0.1) is 0 Å². The predicted octanol–water partition coefficient (Wildman–Crippen LogP) is 9.56. The Labute approximate surface area is 298 Å². The second-order valence-corrected chi connectivity index (χ2v) is 12.7. The number of carbonyl (C=O) groups excluding carboxylic acids is 1. The van der Waals surface area contributed by atoms with E-state index < -0.39 is 23.6 Å². The van der Waals surface area contributed by atoms with Crippen molar-refractivity contribution < 1.29 is 27.4 Å². The van der Waals surface area contributed by atoms with E-state index in [4.69, 9.17) is 21.1 Å². The zero-order valence-corrected chi connectivity index (χ0v) is 31.4. The lowest BCUT2D eigenvalue weighted by atomic mass is 10.1. The zero-order chi connectivity index (χ0) is 37.8. The summed E-state index contributed by atoms with van der Waals surface area (Å²) in [5.41, 5.74) is 3.15. The standard InChI is InChI=1S/C26H29ClF3N5O3.C8H14N2.C2H6/c1-15(2)35-13-20(26(28,29)30)32-21(35)17-8-6-16(7-9-17)14-37-22-18-12-34(24(36)38-25(3,4)5)11-10-19(18)31-23(27)33-22;1-5-8(7(2)3)10-6-9-4;1-2/h6-9,13,15H,10-12,14H2,1-5H3;6H,2,5H2,1,3-4H3;1-2H3. The minimum Gasteiger partial charge on any atom is -0.472 e. The van der Waals surface area contributed by atoms with Crippen LogP contribution in [0.25, 0.3) is 11.4 Å². The number of imidazole rings is 1. The number of hydrogen-bond donors (Lipinski definition) is 0. The molecule has 0 aliphatic carbocycles. The van der Waals surface area contributed by atoms with Crippen molar-refractivity contribution in [1.82, 2.24) is 24.4 Å². The van der Waals surface area contributed by atoms with Gasteiger partial charge in [-0.3, -0.25) is 4.99 Å². The van der Waals surface area contributed by atoms with E-state index in [9.17, 15) is 18.0 Å². The summed E-state index contributed by atoms with van der Waals surface area (Å²) >= 11 is 6.12. The van der Waals surface area contributed by atoms with E-state index in [1.54, 1.807) is 77.2 Å². The van der Waals surface area contributed by atoms with Gasteiger partial charge in [-0.05, 0) is 70.7 Å². The summed E-state index contributed by atoms with van der Waals surface area (Å²) in [5.74, 6) is 0.501. The highest BCUT2D eigenvalue weighted by molar-refractivity contribution is 6.28. The van der Waals surface area contributed by atoms with Crippen molar-refractivity contribution in [2.24, 2.45) is 9.98 Å². The number of aromatic nitrogens is 4. The van der Waals surface area contributed by atoms with Crippen LogP contribution in [0.15, 0.2) is 52.6 Å². The average molecular weight is 720 g/mol. The Morgan fingerprint density at radius 2 is 1.76 bits per heavy atom. The van der Waals surface area contributed by atoms with Gasteiger partial charge >= 0.3 is 12.3 Å². The fourth-order valence-electron chi connectivity index (χ4n) is 4.63. The van der Waals surface area contributed by atoms with Crippen LogP contribution in [0.3, 0.4) is 0 Å². The summed E-state index contributed by atoms with van der Waals surface area (Å²) in [5, 5.41) is 0.0424. The number of allylic oxidation sites excluding steroid dienone is 1. The Morgan fingerprint density at radius 3 is 2.28 bits per heavy atom. The summed E-state index contributed by atoms with van der Waals surface area (Å²) in [6, 6.07) is 6.71. The maximum atomic E-state index is 13.2. The molecule has 2 aromatic heterocycles. The summed E-state index contributed by atoms with van der Waals surface area (Å²) in [6.07, 6.45) is -0.994. The molecule has 1 aliphatic rings. The first-order valence-corrected chi connectivity index (χ1v) is 16.9. The number of ether oxygens (including phenoxy) is 2. The molecule has 1 amide bonds. The minimum absolute atomic E-state index is 0.0424. The van der Waals surface area contributed by atoms with Gasteiger partial charge in [0.05, 0.1) is 17.8 Å². The van der Waals surface area contributed by atoms with E-state index in [2.05, 4.69) is 38.4 Å². The normalized spacial score (nSPS) is 13.3. The van der Waals surface area contributed by atoms with Gasteiger partial charge in [0.2, 0.25) is 11.2 Å². The molecule has 0 unspecified atom stereocenters. The number of aliphatic imine (C=N–C) groups is 2. The molecule has 10 nitrogen and oxygen atoms in total. The highest BCUT2D eigenvalue weighted by Crippen LogP contribution is 2.33. The molecular weight excluding hydrogens is 671 g/mol. The molecule has 0 bridgehead atoms. The van der Waals surface area contributed by atoms with Gasteiger partial charge in [0, 0.05) is 43.5 Å². The van der Waals surface area contributed by atoms with Crippen molar-refractivity contribution in [2.75, 3.05) is 13.6 Å². The first kappa shape index (κ1) is 41.9. The third kappa shape index (κ3) is 12.3. The fraction of sp³-hybridized carbons (Fsp3) is 0.500. The van der Waals surface area contributed by atoms with Gasteiger partial charge < -0.3 is 18.9 Å². The average Bonchev–Trinajstić information content (AvgIpc) is 3.51. The Kier molecular flexibility index (Phi) is 15.6. The quantitative estimate of drug-likeness (QED) is 0.130. The fourth-order valence-corrected chi connectivity index (χ4v) is 4.81. The lowest BCUT2D eigenvalue weighted by Gasteiger charge is -2.31. The molecule has 0 spiro atoms. The third-order valence-corrected chi connectivity index (χ3v) is 7.14. The molecule has 3 aromatic rings. The van der Waals surface area contributed by atoms with Crippen LogP contribution in [0, 0.1) is 0 Å². The highest BCUT2D eigenvalue weighted by Gasteiger charge is 2.35. The molecule has 3 heterocycles. The van der Waals surface area contributed by atoms with E-state index in [0.717, 1.165) is 29.5 Å². The predicted molar refractivity (Wildman–Crippen MR) is 193 cm³/mol. The monoisotopic (exact) mass is 719 g/mol. The van der Waals surface area contributed by atoms with Gasteiger partial charge in [0.15, 0.2) is 5.69 Å². The number of amides is 1. The minimum atomic E-state index is -4.53. The maximum absolute atomic E-state index is 13.2. The molecule has 0 N–H and O–H groups in total. The van der Waals surface area contributed by atoms with Crippen LogP contribution >= 0.6 is 11.6 Å². The number of hydrogen-bond acceptors (Lipinski definition) is 7. The molecule has 274 valence electrons. The lowest BCUT2D eigenvalue weighted by Crippen LogP contribution is -2.40. The number of halogens is 4. The van der Waals surface area contributed by atoms with Crippen LogP contribution in [0.1, 0.15) is 97.3 Å². The highest BCUT2D eigenvalue weighted by atomic mass is 35.5. The van der Waals surface area contributed by atoms with Crippen LogP contribution in [0.2, 0.25) is 5.28 Å². The smallest absolute Gasteiger partial charge is 0.434 e. The van der Waals surface area contributed by atoms with E-state index in [0.29, 0.717) is 29.8 Å². The summed E-state index contributed by atoms with van der Waals surface area (Å²) < 4.78 is 52.7. The van der Waals surface area contributed by atoms with Crippen LogP contribution in [0.5, 0.6) is 5.88 Å². The lowest BCUT2D eigenvalue weighted by molar-refractivity contribution is -0.140. The van der Waals surface area contributed by atoms with Gasteiger partial charge in [0.25, 0.3) is 0 Å². The molecule has 1 aliphatic heterocycles. The Morgan fingerprint density at radius 1 is 1.12 bits per heavy atom. The number of alkyl halides is 3. The van der Waals surface area contributed by atoms with Gasteiger partial charge in [-0.1, -0.05) is 51.6 Å². The zero-order valence-electron chi connectivity index (χ0n) is 30.7. The number of rotatable bonds is 8. The van der Waals surface area contributed by atoms with Crippen LogP contribution < -0.4 is 4.74 Å². The van der Waals surface area contributed by atoms with E-state index >= 15 is 0 Å². The van der Waals surface area contributed by atoms with E-state index in [-0.39, 0.29) is 36.2 Å². The van der Waals surface area contributed by atoms with E-state index in [1.165, 1.54) is 4.57 Å². The Hall–Kier alpha value is -4.26. The molecule has 50 heavy (non-hydrogen) atoms. The molecule has 0 atom stereocenters. The third-order valence-electron chi connectivity index (χ3n) is 6.97. The van der Waals surface area contributed by atoms with Crippen molar-refractivity contribution in [3.8, 4) is 17.3 Å². The van der Waals surface area contributed by atoms with Crippen molar-refractivity contribution >= 4 is 29.7 Å². The molecule has 1 aromatic carbocycles. The van der Waals surface area contributed by atoms with Gasteiger partial charge in [0.1, 0.15) is 24.4 Å². The summed E-state index contributed by atoms with van der Waals surface area (Å²) in [6.45, 7) is 21.6. The summed E-state index contributed by atoms with van der Waals surface area (Å²) in [7, 11) is 1.70. The van der Waals surface area contributed by atoms with Gasteiger partial charge in [-0.25, -0.2) is 19.8 Å². The molecular formula is C36H49ClF3N7O3. The molecule has 0 saturated carbocycles. The van der Waals surface area contributed by atoms with Crippen LogP contribution in [-0.4, -0.2) is 61.8 Å². The Bertz CT molecular complexity index is 1640. The molecule has 0 saturated heterocycles. The SMILES string of the molecule is C=C(C)C(CC)=NC=NC.CC.CC(C)n1cc(C(F)(F)F)nc1-c1ccc(COc2nc(Cl)nc3c2CN(C(=O)OC(C)(C)C)CC3)cc1. The van der Waals surface area contributed by atoms with Crippen LogP contribution in [0.4, 0.5) is 18.0 Å². The second kappa shape index (κ2) is 18.7. The first-order valence-electron chi connectivity index (χ1n) is 16.5. The van der Waals surface area contributed by atoms with E-state index in [1.807, 2.05) is 20.8 Å². The molecule has 0 fully saturated rings. The van der Waals surface area contributed by atoms with Crippen LogP contribution in [-0.2, 0) is 30.5 Å². The van der Waals surface area contributed by atoms with Gasteiger partial charge in [-0.2, -0.15) is 18.2 Å². The molecule has 4 rings (SSSR count). The topological polar surface area (TPSA) is 107 Å². The molecule has 14 heteroatoms. The Balaban J connectivity index is 0.000000623. The number of nitrogens with zero attached hydrogens (tertiary/aromatic N) is 7. The largest absolute Gasteiger partial charge is 0.472 e. The van der Waals surface area contributed by atoms with Crippen molar-refractivity contribution in [3.05, 3.63) is 70.4 Å². The second-order valence-electron chi connectivity index (χ2n) is 12.4. The number of fused-ring (bicyclic) bond motifs is 1. The number of benzene rings is 1. The van der Waals surface area contributed by atoms with Crippen molar-refractivity contribution in [2.45, 2.75) is 106 Å². The summed E-state index contributed by atoms with van der Waals surface area (Å²) in [4.78, 5) is 34.3. The van der Waals surface area contributed by atoms with Crippen molar-refractivity contribution in [3.63, 3.8) is 0 Å². The van der Waals surface area contributed by atoms with Crippen molar-refractivity contribution in [1.29, 1.82) is 0 Å². The first-order chi connectivity index (χ1) is 23.4. The number of carbonyl (C=O) groups is 1. The maximum Gasteiger partial charge on any atom is 0.434 e.